The number of ether oxygens (including phenoxy) is 1. The van der Waals surface area contributed by atoms with Crippen LogP contribution in [-0.2, 0) is 9.84 Å². The lowest BCUT2D eigenvalue weighted by atomic mass is 10.1. The van der Waals surface area contributed by atoms with Crippen molar-refractivity contribution in [1.82, 2.24) is 9.88 Å². The van der Waals surface area contributed by atoms with Gasteiger partial charge in [-0.3, -0.25) is 24.3 Å². The summed E-state index contributed by atoms with van der Waals surface area (Å²) in [5.74, 6) is -1.56. The van der Waals surface area contributed by atoms with Gasteiger partial charge in [0.05, 0.1) is 28.8 Å². The Labute approximate surface area is 141 Å². The molecular formula is C15H13N3O6S. The molecule has 0 saturated heterocycles. The van der Waals surface area contributed by atoms with Crippen LogP contribution in [0, 0.1) is 0 Å². The number of nitrogens with one attached hydrogen (secondary N) is 1. The van der Waals surface area contributed by atoms with Crippen molar-refractivity contribution in [2.75, 3.05) is 19.1 Å². The Bertz CT molecular complexity index is 1100. The van der Waals surface area contributed by atoms with Crippen molar-refractivity contribution in [2.24, 2.45) is 0 Å². The largest absolute Gasteiger partial charge is 0.495 e. The number of fused-ring (bicyclic) bond motifs is 1. The zero-order valence-corrected chi connectivity index (χ0v) is 14.0. The fourth-order valence-electron chi connectivity index (χ4n) is 2.60. The lowest BCUT2D eigenvalue weighted by Crippen LogP contribution is -2.24. The lowest BCUT2D eigenvalue weighted by Gasteiger charge is -2.15. The van der Waals surface area contributed by atoms with Crippen LogP contribution in [0.4, 0.5) is 5.82 Å². The van der Waals surface area contributed by atoms with Gasteiger partial charge in [0.2, 0.25) is 0 Å². The summed E-state index contributed by atoms with van der Waals surface area (Å²) in [5, 5.41) is 2.06. The van der Waals surface area contributed by atoms with Crippen molar-refractivity contribution in [3.8, 4) is 11.4 Å². The Kier molecular flexibility index (Phi) is 3.64. The van der Waals surface area contributed by atoms with Gasteiger partial charge in [0, 0.05) is 12.3 Å². The maximum atomic E-state index is 12.5. The number of rotatable bonds is 3. The summed E-state index contributed by atoms with van der Waals surface area (Å²) in [5.41, 5.74) is 5.02. The van der Waals surface area contributed by atoms with E-state index in [-0.39, 0.29) is 33.3 Å². The second-order valence-electron chi connectivity index (χ2n) is 5.38. The first-order chi connectivity index (χ1) is 11.6. The maximum Gasteiger partial charge on any atom is 0.262 e. The summed E-state index contributed by atoms with van der Waals surface area (Å²) in [6, 6.07) is 4.88. The second-order valence-corrected chi connectivity index (χ2v) is 7.40. The number of carbonyl (C=O) groups is 2. The van der Waals surface area contributed by atoms with Crippen molar-refractivity contribution >= 4 is 27.5 Å². The summed E-state index contributed by atoms with van der Waals surface area (Å²) in [4.78, 5) is 36.0. The van der Waals surface area contributed by atoms with Gasteiger partial charge < -0.3 is 10.5 Å². The van der Waals surface area contributed by atoms with Crippen LogP contribution in [0.2, 0.25) is 0 Å². The molecule has 1 aliphatic rings. The van der Waals surface area contributed by atoms with Crippen LogP contribution in [0.5, 0.6) is 5.75 Å². The second kappa shape index (κ2) is 5.45. The van der Waals surface area contributed by atoms with Crippen LogP contribution in [0.1, 0.15) is 20.7 Å². The van der Waals surface area contributed by atoms with Crippen LogP contribution in [0.3, 0.4) is 0 Å². The Balaban J connectivity index is 2.39. The Morgan fingerprint density at radius 3 is 2.40 bits per heavy atom. The third-order valence-electron chi connectivity index (χ3n) is 3.77. The topological polar surface area (TPSA) is 138 Å². The molecule has 25 heavy (non-hydrogen) atoms. The summed E-state index contributed by atoms with van der Waals surface area (Å²) in [6.45, 7) is 0. The number of nitrogens with zero attached hydrogens (tertiary/aromatic N) is 1. The minimum atomic E-state index is -3.56. The minimum absolute atomic E-state index is 0.0443. The number of hydrogen-bond donors (Lipinski definition) is 2. The summed E-state index contributed by atoms with van der Waals surface area (Å²) < 4.78 is 29.7. The molecule has 0 radical (unpaired) electrons. The predicted molar refractivity (Wildman–Crippen MR) is 87.9 cm³/mol. The number of nitrogen functional groups attached to an aromatic ring is 1. The molecule has 0 spiro atoms. The highest BCUT2D eigenvalue weighted by molar-refractivity contribution is 7.90. The third-order valence-corrected chi connectivity index (χ3v) is 4.88. The molecule has 0 bridgehead atoms. The van der Waals surface area contributed by atoms with Gasteiger partial charge in [0.15, 0.2) is 9.84 Å². The highest BCUT2D eigenvalue weighted by Crippen LogP contribution is 2.29. The van der Waals surface area contributed by atoms with Gasteiger partial charge in [0.25, 0.3) is 17.4 Å². The molecule has 1 aliphatic heterocycles. The van der Waals surface area contributed by atoms with Crippen molar-refractivity contribution in [1.29, 1.82) is 0 Å². The van der Waals surface area contributed by atoms with E-state index in [1.165, 1.54) is 25.3 Å². The van der Waals surface area contributed by atoms with Gasteiger partial charge in [0.1, 0.15) is 11.6 Å². The monoisotopic (exact) mass is 363 g/mol. The van der Waals surface area contributed by atoms with E-state index in [0.29, 0.717) is 0 Å². The van der Waals surface area contributed by atoms with Crippen molar-refractivity contribution in [2.45, 2.75) is 4.90 Å². The van der Waals surface area contributed by atoms with E-state index in [0.717, 1.165) is 16.9 Å². The van der Waals surface area contributed by atoms with Crippen molar-refractivity contribution in [3.63, 3.8) is 0 Å². The number of anilines is 1. The molecular weight excluding hydrogens is 350 g/mol. The number of amides is 2. The number of hydrogen-bond acceptors (Lipinski definition) is 7. The molecule has 130 valence electrons. The number of pyridine rings is 1. The first-order valence-electron chi connectivity index (χ1n) is 6.95. The van der Waals surface area contributed by atoms with E-state index in [4.69, 9.17) is 10.5 Å². The third kappa shape index (κ3) is 2.56. The van der Waals surface area contributed by atoms with Gasteiger partial charge in [-0.2, -0.15) is 0 Å². The molecule has 1 aromatic carbocycles. The fraction of sp³-hybridized carbons (Fsp3) is 0.133. The van der Waals surface area contributed by atoms with E-state index >= 15 is 0 Å². The number of benzene rings is 1. The summed E-state index contributed by atoms with van der Waals surface area (Å²) >= 11 is 0. The van der Waals surface area contributed by atoms with Gasteiger partial charge >= 0.3 is 0 Å². The van der Waals surface area contributed by atoms with Crippen LogP contribution in [-0.4, -0.2) is 38.2 Å². The van der Waals surface area contributed by atoms with Crippen LogP contribution < -0.4 is 21.3 Å². The van der Waals surface area contributed by atoms with Crippen LogP contribution in [0.25, 0.3) is 5.69 Å². The summed E-state index contributed by atoms with van der Waals surface area (Å²) in [7, 11) is -2.22. The first kappa shape index (κ1) is 16.7. The zero-order valence-electron chi connectivity index (χ0n) is 13.2. The van der Waals surface area contributed by atoms with Gasteiger partial charge in [-0.25, -0.2) is 8.42 Å². The van der Waals surface area contributed by atoms with Crippen molar-refractivity contribution < 1.29 is 22.7 Å². The lowest BCUT2D eigenvalue weighted by molar-refractivity contribution is 0.0880. The Morgan fingerprint density at radius 2 is 1.80 bits per heavy atom. The molecule has 9 nitrogen and oxygen atoms in total. The molecule has 10 heteroatoms. The number of carbonyl (C=O) groups excluding carboxylic acids is 2. The van der Waals surface area contributed by atoms with Crippen molar-refractivity contribution in [3.05, 3.63) is 45.7 Å². The van der Waals surface area contributed by atoms with Crippen LogP contribution in [0.15, 0.2) is 34.0 Å². The molecule has 2 aromatic rings. The number of imide groups is 1. The van der Waals surface area contributed by atoms with Gasteiger partial charge in [-0.1, -0.05) is 0 Å². The van der Waals surface area contributed by atoms with E-state index in [9.17, 15) is 22.8 Å². The highest BCUT2D eigenvalue weighted by atomic mass is 32.2. The van der Waals surface area contributed by atoms with E-state index in [1.54, 1.807) is 0 Å². The van der Waals surface area contributed by atoms with Gasteiger partial charge in [-0.05, 0) is 18.2 Å². The highest BCUT2D eigenvalue weighted by Gasteiger charge is 2.32. The van der Waals surface area contributed by atoms with E-state index < -0.39 is 27.2 Å². The Hall–Kier alpha value is -3.14. The normalized spacial score (nSPS) is 13.5. The smallest absolute Gasteiger partial charge is 0.262 e. The average Bonchev–Trinajstić information content (AvgIpc) is 2.80. The number of sulfone groups is 1. The molecule has 1 aromatic heterocycles. The fourth-order valence-corrected chi connectivity index (χ4v) is 3.24. The standard InChI is InChI=1S/C15H13N3O6S/c1-24-10-4-3-7(25(2,22)23)5-9(10)18-11(19)6-8-12(13(18)16)15(21)17-14(8)20/h3-6H,16H2,1-2H3,(H,17,20,21). The zero-order chi connectivity index (χ0) is 18.5. The molecule has 2 amide bonds. The molecule has 0 unspecified atom stereocenters. The molecule has 0 saturated carbocycles. The quantitative estimate of drug-likeness (QED) is 0.715. The SMILES string of the molecule is COc1ccc(S(C)(=O)=O)cc1-n1c(N)c2c(cc1=O)C(=O)NC2=O. The predicted octanol–water partition coefficient (Wildman–Crippen LogP) is -0.285. The van der Waals surface area contributed by atoms with E-state index in [2.05, 4.69) is 5.32 Å². The number of nitrogens with two attached hydrogens (primary N) is 1. The number of aromatic nitrogens is 1. The molecule has 2 heterocycles. The average molecular weight is 363 g/mol. The number of methoxy groups -OCH3 is 1. The molecule has 0 aliphatic carbocycles. The molecule has 3 rings (SSSR count). The van der Waals surface area contributed by atoms with E-state index in [1.807, 2.05) is 0 Å². The Morgan fingerprint density at radius 1 is 1.12 bits per heavy atom. The first-order valence-corrected chi connectivity index (χ1v) is 8.84. The van der Waals surface area contributed by atoms with Crippen LogP contribution >= 0.6 is 0 Å². The van der Waals surface area contributed by atoms with Gasteiger partial charge in [-0.15, -0.1) is 0 Å². The molecule has 3 N–H and O–H groups in total. The molecule has 0 fully saturated rings. The maximum absolute atomic E-state index is 12.5. The summed E-state index contributed by atoms with van der Waals surface area (Å²) in [6.07, 6.45) is 1.01. The minimum Gasteiger partial charge on any atom is -0.495 e. The molecule has 0 atom stereocenters.